The number of rotatable bonds is 6. The summed E-state index contributed by atoms with van der Waals surface area (Å²) in [6.07, 6.45) is 1.72. The van der Waals surface area contributed by atoms with Crippen LogP contribution in [0.1, 0.15) is 22.3 Å². The molecule has 1 aliphatic rings. The number of anilines is 1. The van der Waals surface area contributed by atoms with Crippen molar-refractivity contribution in [2.24, 2.45) is 0 Å². The van der Waals surface area contributed by atoms with E-state index in [1.54, 1.807) is 26.2 Å². The molecule has 0 saturated carbocycles. The van der Waals surface area contributed by atoms with Crippen LogP contribution < -0.4 is 21.5 Å². The van der Waals surface area contributed by atoms with E-state index in [4.69, 9.17) is 0 Å². The summed E-state index contributed by atoms with van der Waals surface area (Å²) in [5, 5.41) is 2.57. The van der Waals surface area contributed by atoms with E-state index in [-0.39, 0.29) is 17.2 Å². The number of thiophene rings is 1. The van der Waals surface area contributed by atoms with Gasteiger partial charge in [0.1, 0.15) is 10.4 Å². The summed E-state index contributed by atoms with van der Waals surface area (Å²) in [5.74, 6) is -0.200. The number of nitrogens with zero attached hydrogens (tertiary/aromatic N) is 4. The summed E-state index contributed by atoms with van der Waals surface area (Å²) in [6.45, 7) is 4.66. The normalized spacial score (nSPS) is 14.6. The van der Waals surface area contributed by atoms with Crippen molar-refractivity contribution in [1.82, 2.24) is 24.8 Å². The Morgan fingerprint density at radius 3 is 2.77 bits per heavy atom. The molecule has 3 aromatic heterocycles. The molecule has 0 aromatic carbocycles. The van der Waals surface area contributed by atoms with Gasteiger partial charge in [-0.15, -0.1) is 11.3 Å². The second-order valence-corrected chi connectivity index (χ2v) is 8.51. The van der Waals surface area contributed by atoms with Crippen LogP contribution in [-0.4, -0.2) is 58.6 Å². The van der Waals surface area contributed by atoms with Gasteiger partial charge in [0.2, 0.25) is 0 Å². The lowest BCUT2D eigenvalue weighted by molar-refractivity contribution is 0.0958. The summed E-state index contributed by atoms with van der Waals surface area (Å²) < 4.78 is 1.82. The van der Waals surface area contributed by atoms with E-state index in [1.165, 1.54) is 15.9 Å². The fraction of sp³-hybridized carbons (Fsp3) is 0.400. The fourth-order valence-corrected chi connectivity index (χ4v) is 4.76. The molecule has 158 valence electrons. The third kappa shape index (κ3) is 3.63. The van der Waals surface area contributed by atoms with Gasteiger partial charge >= 0.3 is 5.69 Å². The van der Waals surface area contributed by atoms with Crippen molar-refractivity contribution in [1.29, 1.82) is 0 Å². The molecule has 10 heteroatoms. The number of likely N-dealkylation sites (tertiary alicyclic amines) is 1. The van der Waals surface area contributed by atoms with E-state index < -0.39 is 0 Å². The molecule has 1 saturated heterocycles. The zero-order chi connectivity index (χ0) is 21.4. The average Bonchev–Trinajstić information content (AvgIpc) is 3.12. The molecule has 0 radical (unpaired) electrons. The summed E-state index contributed by atoms with van der Waals surface area (Å²) >= 11 is 1.45. The zero-order valence-electron chi connectivity index (χ0n) is 17.1. The van der Waals surface area contributed by atoms with E-state index in [0.29, 0.717) is 28.5 Å². The quantitative estimate of drug-likeness (QED) is 0.603. The molecule has 3 aromatic rings. The molecular weight excluding hydrogens is 404 g/mol. The molecule has 0 unspecified atom stereocenters. The Bertz CT molecular complexity index is 1190. The third-order valence-corrected chi connectivity index (χ3v) is 6.61. The third-order valence-electron chi connectivity index (χ3n) is 5.51. The Morgan fingerprint density at radius 2 is 2.13 bits per heavy atom. The second-order valence-electron chi connectivity index (χ2n) is 7.37. The topological polar surface area (TPSA) is 103 Å². The summed E-state index contributed by atoms with van der Waals surface area (Å²) in [7, 11) is 3.61. The van der Waals surface area contributed by atoms with E-state index in [1.807, 2.05) is 19.2 Å². The van der Waals surface area contributed by atoms with Gasteiger partial charge in [-0.05, 0) is 25.1 Å². The highest BCUT2D eigenvalue weighted by Crippen LogP contribution is 2.26. The highest BCUT2D eigenvalue weighted by atomic mass is 32.1. The van der Waals surface area contributed by atoms with Crippen LogP contribution in [0.3, 0.4) is 0 Å². The van der Waals surface area contributed by atoms with Crippen LogP contribution in [0.5, 0.6) is 0 Å². The van der Waals surface area contributed by atoms with Gasteiger partial charge in [0.05, 0.1) is 23.4 Å². The second kappa shape index (κ2) is 8.04. The molecule has 2 N–H and O–H groups in total. The Kier molecular flexibility index (Phi) is 5.44. The minimum absolute atomic E-state index is 0.200. The number of amides is 1. The number of hydrogen-bond donors (Lipinski definition) is 2. The zero-order valence-corrected chi connectivity index (χ0v) is 18.0. The monoisotopic (exact) mass is 428 g/mol. The Hall–Kier alpha value is -2.98. The number of carbonyl (C=O) groups is 1. The van der Waals surface area contributed by atoms with Crippen molar-refractivity contribution >= 4 is 33.1 Å². The lowest BCUT2D eigenvalue weighted by atomic mass is 10.1. The van der Waals surface area contributed by atoms with Gasteiger partial charge in [-0.2, -0.15) is 0 Å². The van der Waals surface area contributed by atoms with Crippen LogP contribution in [0.25, 0.3) is 10.2 Å². The first-order valence-corrected chi connectivity index (χ1v) is 10.6. The molecule has 1 amide bonds. The van der Waals surface area contributed by atoms with Crippen molar-refractivity contribution in [3.8, 4) is 0 Å². The number of aromatic nitrogens is 3. The van der Waals surface area contributed by atoms with Gasteiger partial charge in [-0.1, -0.05) is 0 Å². The van der Waals surface area contributed by atoms with Crippen LogP contribution in [-0.2, 0) is 13.1 Å². The van der Waals surface area contributed by atoms with E-state index >= 15 is 0 Å². The highest BCUT2D eigenvalue weighted by Gasteiger charge is 2.30. The fourth-order valence-electron chi connectivity index (χ4n) is 3.66. The molecular formula is C20H24N6O3S. The van der Waals surface area contributed by atoms with Crippen molar-refractivity contribution in [3.63, 3.8) is 0 Å². The lowest BCUT2D eigenvalue weighted by Crippen LogP contribution is -2.57. The standard InChI is InChI=1S/C20H24N6O3S/c1-4-26-19(28)17-16(23-20(26)29)7-14(30-17)11-25-9-13(10-25)24(3)12-5-6-15(22-8-12)18(27)21-2/h5-8,13H,4,9-11H2,1-3H3,(H,21,27)(H,23,29). The van der Waals surface area contributed by atoms with Gasteiger partial charge in [0, 0.05) is 45.2 Å². The number of fused-ring (bicyclic) bond motifs is 1. The van der Waals surface area contributed by atoms with Crippen molar-refractivity contribution < 1.29 is 4.79 Å². The van der Waals surface area contributed by atoms with E-state index in [0.717, 1.165) is 30.2 Å². The first kappa shape index (κ1) is 20.3. The number of hydrogen-bond acceptors (Lipinski definition) is 7. The predicted octanol–water partition coefficient (Wildman–Crippen LogP) is 0.846. The Morgan fingerprint density at radius 1 is 1.37 bits per heavy atom. The van der Waals surface area contributed by atoms with Crippen LogP contribution >= 0.6 is 11.3 Å². The van der Waals surface area contributed by atoms with Crippen molar-refractivity contribution in [2.45, 2.75) is 26.1 Å². The molecule has 0 aliphatic carbocycles. The molecule has 1 fully saturated rings. The maximum atomic E-state index is 12.4. The summed E-state index contributed by atoms with van der Waals surface area (Å²) in [4.78, 5) is 48.6. The Labute approximate surface area is 177 Å². The number of likely N-dealkylation sites (N-methyl/N-ethyl adjacent to an activating group) is 1. The van der Waals surface area contributed by atoms with Gasteiger partial charge in [0.15, 0.2) is 0 Å². The number of nitrogens with one attached hydrogen (secondary N) is 2. The molecule has 30 heavy (non-hydrogen) atoms. The minimum Gasteiger partial charge on any atom is -0.368 e. The summed E-state index contributed by atoms with van der Waals surface area (Å²) in [5.41, 5.74) is 1.40. The van der Waals surface area contributed by atoms with Crippen LogP contribution in [0.15, 0.2) is 34.0 Å². The van der Waals surface area contributed by atoms with Crippen LogP contribution in [0, 0.1) is 0 Å². The van der Waals surface area contributed by atoms with Gasteiger partial charge < -0.3 is 15.2 Å². The SMILES string of the molecule is CCn1c(=O)[nH]c2cc(CN3CC(N(C)c4ccc(C(=O)NC)nc4)C3)sc2c1=O. The highest BCUT2D eigenvalue weighted by molar-refractivity contribution is 7.18. The van der Waals surface area contributed by atoms with Gasteiger partial charge in [-0.3, -0.25) is 19.1 Å². The lowest BCUT2D eigenvalue weighted by Gasteiger charge is -2.44. The first-order valence-electron chi connectivity index (χ1n) is 9.80. The molecule has 0 spiro atoms. The molecule has 1 aliphatic heterocycles. The number of H-pyrrole nitrogens is 1. The first-order chi connectivity index (χ1) is 14.4. The van der Waals surface area contributed by atoms with Crippen LogP contribution in [0.4, 0.5) is 5.69 Å². The van der Waals surface area contributed by atoms with Crippen LogP contribution in [0.2, 0.25) is 0 Å². The molecule has 0 bridgehead atoms. The largest absolute Gasteiger partial charge is 0.368 e. The number of pyridine rings is 1. The van der Waals surface area contributed by atoms with Crippen molar-refractivity contribution in [2.75, 3.05) is 32.1 Å². The van der Waals surface area contributed by atoms with Gasteiger partial charge in [-0.25, -0.2) is 9.78 Å². The number of carbonyl (C=O) groups excluding carboxylic acids is 1. The Balaban J connectivity index is 1.40. The number of aromatic amines is 1. The maximum absolute atomic E-state index is 12.4. The average molecular weight is 429 g/mol. The van der Waals surface area contributed by atoms with E-state index in [9.17, 15) is 14.4 Å². The van der Waals surface area contributed by atoms with Gasteiger partial charge in [0.25, 0.3) is 11.5 Å². The predicted molar refractivity (Wildman–Crippen MR) is 117 cm³/mol. The van der Waals surface area contributed by atoms with Crippen molar-refractivity contribution in [3.05, 3.63) is 55.8 Å². The molecule has 0 atom stereocenters. The molecule has 4 heterocycles. The maximum Gasteiger partial charge on any atom is 0.328 e. The minimum atomic E-state index is -0.360. The van der Waals surface area contributed by atoms with E-state index in [2.05, 4.69) is 25.1 Å². The molecule has 4 rings (SSSR count). The summed E-state index contributed by atoms with van der Waals surface area (Å²) in [6, 6.07) is 5.88. The molecule has 9 nitrogen and oxygen atoms in total. The smallest absolute Gasteiger partial charge is 0.328 e.